The van der Waals surface area contributed by atoms with Gasteiger partial charge in [-0.1, -0.05) is 6.58 Å². The van der Waals surface area contributed by atoms with E-state index in [1.54, 1.807) is 28.9 Å². The van der Waals surface area contributed by atoms with E-state index in [4.69, 9.17) is 4.74 Å². The minimum atomic E-state index is -0.345. The van der Waals surface area contributed by atoms with Crippen LogP contribution in [-0.4, -0.2) is 20.5 Å². The second kappa shape index (κ2) is 6.52. The summed E-state index contributed by atoms with van der Waals surface area (Å²) in [6.07, 6.45) is 5.84. The largest absolute Gasteiger partial charge is 0.453 e. The Morgan fingerprint density at radius 3 is 2.96 bits per heavy atom. The number of amides is 1. The van der Waals surface area contributed by atoms with Crippen LogP contribution in [0.2, 0.25) is 0 Å². The maximum atomic E-state index is 11.2. The Morgan fingerprint density at radius 2 is 2.29 bits per heavy atom. The van der Waals surface area contributed by atoms with Crippen LogP contribution in [0.15, 0.2) is 53.9 Å². The van der Waals surface area contributed by atoms with E-state index < -0.39 is 0 Å². The molecule has 0 unspecified atom stereocenters. The summed E-state index contributed by atoms with van der Waals surface area (Å²) in [5.74, 6) is 0.955. The lowest BCUT2D eigenvalue weighted by Gasteiger charge is -2.09. The molecule has 3 rings (SSSR count). The van der Waals surface area contributed by atoms with Gasteiger partial charge in [-0.15, -0.1) is 0 Å². The number of nitrogens with zero attached hydrogens (tertiary/aromatic N) is 4. The molecule has 3 heterocycles. The summed E-state index contributed by atoms with van der Waals surface area (Å²) in [5, 5.41) is 15.9. The van der Waals surface area contributed by atoms with E-state index >= 15 is 0 Å². The number of anilines is 1. The Hall–Kier alpha value is -3.18. The first-order valence-corrected chi connectivity index (χ1v) is 7.54. The van der Waals surface area contributed by atoms with Gasteiger partial charge in [-0.05, 0) is 40.2 Å². The average molecular weight is 384 g/mol. The van der Waals surface area contributed by atoms with Crippen molar-refractivity contribution in [2.45, 2.75) is 0 Å². The second-order valence-electron chi connectivity index (χ2n) is 4.66. The number of nitriles is 1. The molecule has 1 N–H and O–H groups in total. The van der Waals surface area contributed by atoms with Crippen LogP contribution in [-0.2, 0) is 4.79 Å². The highest BCUT2D eigenvalue weighted by Gasteiger charge is 2.12. The van der Waals surface area contributed by atoms with Crippen LogP contribution >= 0.6 is 15.9 Å². The highest BCUT2D eigenvalue weighted by Crippen LogP contribution is 2.31. The van der Waals surface area contributed by atoms with Crippen molar-refractivity contribution in [1.82, 2.24) is 14.6 Å². The summed E-state index contributed by atoms with van der Waals surface area (Å²) in [7, 11) is 0. The molecule has 8 heteroatoms. The Bertz CT molecular complexity index is 973. The minimum Gasteiger partial charge on any atom is -0.453 e. The average Bonchev–Trinajstić information content (AvgIpc) is 2.99. The van der Waals surface area contributed by atoms with Crippen LogP contribution in [0, 0.1) is 11.3 Å². The quantitative estimate of drug-likeness (QED) is 0.697. The van der Waals surface area contributed by atoms with E-state index in [0.717, 1.165) is 10.5 Å². The summed E-state index contributed by atoms with van der Waals surface area (Å²) < 4.78 is 8.13. The molecule has 0 saturated heterocycles. The van der Waals surface area contributed by atoms with Gasteiger partial charge in [0, 0.05) is 10.7 Å². The Labute approximate surface area is 145 Å². The fourth-order valence-corrected chi connectivity index (χ4v) is 2.43. The van der Waals surface area contributed by atoms with Crippen molar-refractivity contribution >= 4 is 33.2 Å². The van der Waals surface area contributed by atoms with Crippen molar-refractivity contribution in [3.05, 3.63) is 59.5 Å². The van der Waals surface area contributed by atoms with Crippen LogP contribution < -0.4 is 10.1 Å². The molecule has 1 amide bonds. The maximum absolute atomic E-state index is 11.2. The summed E-state index contributed by atoms with van der Waals surface area (Å²) in [4.78, 5) is 15.3. The van der Waals surface area contributed by atoms with Gasteiger partial charge in [0.1, 0.15) is 28.7 Å². The molecule has 0 saturated carbocycles. The van der Waals surface area contributed by atoms with E-state index in [9.17, 15) is 10.1 Å². The molecule has 0 fully saturated rings. The van der Waals surface area contributed by atoms with Crippen LogP contribution in [0.3, 0.4) is 0 Å². The van der Waals surface area contributed by atoms with Crippen molar-refractivity contribution in [2.75, 3.05) is 5.32 Å². The topological polar surface area (TPSA) is 92.3 Å². The van der Waals surface area contributed by atoms with Gasteiger partial charge < -0.3 is 10.1 Å². The van der Waals surface area contributed by atoms with Crippen LogP contribution in [0.25, 0.3) is 5.52 Å². The minimum absolute atomic E-state index is 0.345. The van der Waals surface area contributed by atoms with E-state index in [-0.39, 0.29) is 5.91 Å². The van der Waals surface area contributed by atoms with Crippen molar-refractivity contribution < 1.29 is 9.53 Å². The van der Waals surface area contributed by atoms with E-state index in [0.29, 0.717) is 28.4 Å². The van der Waals surface area contributed by atoms with Gasteiger partial charge in [-0.2, -0.15) is 10.4 Å². The Morgan fingerprint density at radius 1 is 1.46 bits per heavy atom. The molecule has 7 nitrogen and oxygen atoms in total. The van der Waals surface area contributed by atoms with Gasteiger partial charge in [-0.25, -0.2) is 9.50 Å². The lowest BCUT2D eigenvalue weighted by molar-refractivity contribution is -0.111. The summed E-state index contributed by atoms with van der Waals surface area (Å²) >= 11 is 3.38. The first-order valence-electron chi connectivity index (χ1n) is 6.75. The molecule has 0 aliphatic rings. The maximum Gasteiger partial charge on any atom is 0.248 e. The number of fused-ring (bicyclic) bond motifs is 1. The van der Waals surface area contributed by atoms with Gasteiger partial charge in [0.25, 0.3) is 0 Å². The SMILES string of the molecule is C=CC(=O)Nc1ccc(Oc2cc(Br)cn3ncc(C#N)c23)cn1. The third kappa shape index (κ3) is 3.11. The lowest BCUT2D eigenvalue weighted by atomic mass is 10.2. The number of ether oxygens (including phenoxy) is 1. The summed E-state index contributed by atoms with van der Waals surface area (Å²) in [6, 6.07) is 7.09. The predicted molar refractivity (Wildman–Crippen MR) is 90.7 cm³/mol. The highest BCUT2D eigenvalue weighted by atomic mass is 79.9. The number of carbonyl (C=O) groups excluding carboxylic acids is 1. The smallest absolute Gasteiger partial charge is 0.248 e. The van der Waals surface area contributed by atoms with Gasteiger partial charge in [0.2, 0.25) is 5.91 Å². The van der Waals surface area contributed by atoms with E-state index in [1.807, 2.05) is 0 Å². The monoisotopic (exact) mass is 383 g/mol. The molecule has 3 aromatic rings. The zero-order chi connectivity index (χ0) is 17.1. The third-order valence-electron chi connectivity index (χ3n) is 3.06. The molecular weight excluding hydrogens is 374 g/mol. The molecule has 0 atom stereocenters. The van der Waals surface area contributed by atoms with Gasteiger partial charge in [0.15, 0.2) is 5.75 Å². The number of pyridine rings is 2. The molecule has 3 aromatic heterocycles. The molecule has 0 aromatic carbocycles. The number of nitrogens with one attached hydrogen (secondary N) is 1. The number of halogens is 1. The Kier molecular flexibility index (Phi) is 4.26. The third-order valence-corrected chi connectivity index (χ3v) is 3.50. The number of hydrogen-bond acceptors (Lipinski definition) is 5. The first-order chi connectivity index (χ1) is 11.6. The zero-order valence-corrected chi connectivity index (χ0v) is 13.8. The molecule has 0 radical (unpaired) electrons. The van der Waals surface area contributed by atoms with Gasteiger partial charge in [-0.3, -0.25) is 4.79 Å². The predicted octanol–water partition coefficient (Wildman–Crippen LogP) is 3.28. The summed E-state index contributed by atoms with van der Waals surface area (Å²) in [6.45, 7) is 3.38. The number of hydrogen-bond donors (Lipinski definition) is 1. The van der Waals surface area contributed by atoms with Crippen molar-refractivity contribution in [3.8, 4) is 17.6 Å². The second-order valence-corrected chi connectivity index (χ2v) is 5.58. The molecule has 24 heavy (non-hydrogen) atoms. The first kappa shape index (κ1) is 15.7. The molecule has 0 aliphatic heterocycles. The normalized spacial score (nSPS) is 10.2. The van der Waals surface area contributed by atoms with Crippen LogP contribution in [0.1, 0.15) is 5.56 Å². The fraction of sp³-hybridized carbons (Fsp3) is 0. The van der Waals surface area contributed by atoms with Crippen LogP contribution in [0.5, 0.6) is 11.5 Å². The highest BCUT2D eigenvalue weighted by molar-refractivity contribution is 9.10. The molecule has 0 bridgehead atoms. The van der Waals surface area contributed by atoms with Gasteiger partial charge in [0.05, 0.1) is 12.4 Å². The number of rotatable bonds is 4. The standard InChI is InChI=1S/C16H10BrN5O2/c1-2-15(23)21-14-4-3-12(8-19-14)24-13-5-11(17)9-22-16(13)10(6-18)7-20-22/h2-5,7-9H,1H2,(H,19,21,23). The number of aromatic nitrogens is 3. The van der Waals surface area contributed by atoms with Crippen LogP contribution in [0.4, 0.5) is 5.82 Å². The molecule has 0 aliphatic carbocycles. The van der Waals surface area contributed by atoms with Gasteiger partial charge >= 0.3 is 0 Å². The number of carbonyl (C=O) groups is 1. The molecule has 118 valence electrons. The van der Waals surface area contributed by atoms with Crippen molar-refractivity contribution in [2.24, 2.45) is 0 Å². The van der Waals surface area contributed by atoms with E-state index in [1.165, 1.54) is 12.4 Å². The van der Waals surface area contributed by atoms with Crippen molar-refractivity contribution in [1.29, 1.82) is 5.26 Å². The summed E-state index contributed by atoms with van der Waals surface area (Å²) in [5.41, 5.74) is 0.963. The fourth-order valence-electron chi connectivity index (χ4n) is 2.03. The Balaban J connectivity index is 1.92. The van der Waals surface area contributed by atoms with E-state index in [2.05, 4.69) is 44.0 Å². The lowest BCUT2D eigenvalue weighted by Crippen LogP contribution is -2.08. The molecular formula is C16H10BrN5O2. The molecule has 0 spiro atoms. The zero-order valence-electron chi connectivity index (χ0n) is 12.2. The van der Waals surface area contributed by atoms with Crippen molar-refractivity contribution in [3.63, 3.8) is 0 Å².